The molecule has 3 rings (SSSR count). The summed E-state index contributed by atoms with van der Waals surface area (Å²) in [4.78, 5) is 23.6. The van der Waals surface area contributed by atoms with Gasteiger partial charge in [0.25, 0.3) is 5.78 Å². The van der Waals surface area contributed by atoms with Crippen LogP contribution >= 0.6 is 0 Å². The molecule has 22 heavy (non-hydrogen) atoms. The molecule has 0 amide bonds. The third-order valence-corrected chi connectivity index (χ3v) is 3.41. The van der Waals surface area contributed by atoms with E-state index in [1.54, 1.807) is 36.4 Å². The zero-order chi connectivity index (χ0) is 15.7. The summed E-state index contributed by atoms with van der Waals surface area (Å²) >= 11 is 0. The largest absolute Gasteiger partial charge is 0.507 e. The van der Waals surface area contributed by atoms with Gasteiger partial charge in [0.05, 0.1) is 5.57 Å². The highest BCUT2D eigenvalue weighted by molar-refractivity contribution is 6.44. The second kappa shape index (κ2) is 5.44. The van der Waals surface area contributed by atoms with Crippen LogP contribution in [0.2, 0.25) is 0 Å². The van der Waals surface area contributed by atoms with Gasteiger partial charge in [-0.1, -0.05) is 48.5 Å². The van der Waals surface area contributed by atoms with E-state index in [9.17, 15) is 19.1 Å². The molecule has 0 spiro atoms. The normalized spacial score (nSPS) is 20.0. The number of rotatable bonds is 2. The van der Waals surface area contributed by atoms with Crippen molar-refractivity contribution in [1.29, 1.82) is 0 Å². The molecule has 0 radical (unpaired) electrons. The topological polar surface area (TPSA) is 63.6 Å². The van der Waals surface area contributed by atoms with Crippen molar-refractivity contribution in [2.75, 3.05) is 0 Å². The molecule has 2 aromatic carbocycles. The highest BCUT2D eigenvalue weighted by atomic mass is 19.1. The minimum Gasteiger partial charge on any atom is -0.507 e. The molecule has 5 heteroatoms. The predicted molar refractivity (Wildman–Crippen MR) is 76.2 cm³/mol. The Morgan fingerprint density at radius 1 is 1.00 bits per heavy atom. The first kappa shape index (κ1) is 14.0. The number of hydrogen-bond acceptors (Lipinski definition) is 4. The maximum absolute atomic E-state index is 13.9. The molecule has 0 unspecified atom stereocenters. The SMILES string of the molecule is O=C1O[C@@H](c2ccccc2F)C(=C(O)c2ccccc2)C1=O. The third kappa shape index (κ3) is 2.26. The first-order valence-corrected chi connectivity index (χ1v) is 6.58. The number of ketones is 1. The van der Waals surface area contributed by atoms with Gasteiger partial charge in [0, 0.05) is 11.1 Å². The van der Waals surface area contributed by atoms with Crippen LogP contribution in [-0.4, -0.2) is 16.9 Å². The van der Waals surface area contributed by atoms with Gasteiger partial charge in [-0.3, -0.25) is 4.79 Å². The number of benzene rings is 2. The van der Waals surface area contributed by atoms with Crippen molar-refractivity contribution in [3.63, 3.8) is 0 Å². The van der Waals surface area contributed by atoms with Gasteiger partial charge in [-0.2, -0.15) is 0 Å². The number of carbonyl (C=O) groups is 2. The molecule has 1 N–H and O–H groups in total. The van der Waals surface area contributed by atoms with E-state index < -0.39 is 23.7 Å². The monoisotopic (exact) mass is 298 g/mol. The van der Waals surface area contributed by atoms with Gasteiger partial charge in [-0.25, -0.2) is 9.18 Å². The van der Waals surface area contributed by atoms with Crippen LogP contribution in [0.15, 0.2) is 60.2 Å². The van der Waals surface area contributed by atoms with Crippen LogP contribution in [0, 0.1) is 5.82 Å². The maximum Gasteiger partial charge on any atom is 0.380 e. The Labute approximate surface area is 125 Å². The van der Waals surface area contributed by atoms with Crippen LogP contribution in [0.5, 0.6) is 0 Å². The Morgan fingerprint density at radius 3 is 2.32 bits per heavy atom. The van der Waals surface area contributed by atoms with Gasteiger partial charge < -0.3 is 9.84 Å². The molecule has 1 fully saturated rings. The summed E-state index contributed by atoms with van der Waals surface area (Å²) in [5.74, 6) is -3.07. The summed E-state index contributed by atoms with van der Waals surface area (Å²) in [6.07, 6.45) is -1.25. The van der Waals surface area contributed by atoms with Gasteiger partial charge >= 0.3 is 5.97 Å². The number of aliphatic hydroxyl groups excluding tert-OH is 1. The van der Waals surface area contributed by atoms with Gasteiger partial charge in [0.2, 0.25) is 0 Å². The Balaban J connectivity index is 2.16. The van der Waals surface area contributed by atoms with Crippen LogP contribution in [-0.2, 0) is 14.3 Å². The molecule has 2 aromatic rings. The lowest BCUT2D eigenvalue weighted by Gasteiger charge is -2.13. The fourth-order valence-corrected chi connectivity index (χ4v) is 2.34. The fourth-order valence-electron chi connectivity index (χ4n) is 2.34. The van der Waals surface area contributed by atoms with E-state index >= 15 is 0 Å². The highest BCUT2D eigenvalue weighted by Gasteiger charge is 2.43. The minimum atomic E-state index is -1.25. The summed E-state index contributed by atoms with van der Waals surface area (Å²) in [7, 11) is 0. The Hall–Kier alpha value is -2.95. The molecular weight excluding hydrogens is 287 g/mol. The van der Waals surface area contributed by atoms with E-state index in [2.05, 4.69) is 0 Å². The summed E-state index contributed by atoms with van der Waals surface area (Å²) in [6, 6.07) is 13.9. The lowest BCUT2D eigenvalue weighted by molar-refractivity contribution is -0.149. The quantitative estimate of drug-likeness (QED) is 0.401. The average Bonchev–Trinajstić information content (AvgIpc) is 2.83. The van der Waals surface area contributed by atoms with Gasteiger partial charge in [-0.15, -0.1) is 0 Å². The molecule has 0 bridgehead atoms. The van der Waals surface area contributed by atoms with E-state index in [4.69, 9.17) is 4.74 Å². The molecule has 1 heterocycles. The number of aliphatic hydroxyl groups is 1. The number of halogens is 1. The lowest BCUT2D eigenvalue weighted by Crippen LogP contribution is -2.08. The van der Waals surface area contributed by atoms with Crippen molar-refractivity contribution >= 4 is 17.5 Å². The molecule has 0 saturated carbocycles. The second-order valence-electron chi connectivity index (χ2n) is 4.76. The number of ether oxygens (including phenoxy) is 1. The number of cyclic esters (lactones) is 1. The van der Waals surface area contributed by atoms with Crippen molar-refractivity contribution in [2.24, 2.45) is 0 Å². The molecule has 110 valence electrons. The number of esters is 1. The standard InChI is InChI=1S/C17H11FO4/c18-12-9-5-4-8-11(12)16-13(15(20)17(21)22-16)14(19)10-6-2-1-3-7-10/h1-9,16,19H/t16-/m0/s1. The average molecular weight is 298 g/mol. The number of carbonyl (C=O) groups excluding carboxylic acids is 2. The summed E-state index contributed by atoms with van der Waals surface area (Å²) < 4.78 is 18.9. The molecule has 0 aromatic heterocycles. The first-order valence-electron chi connectivity index (χ1n) is 6.58. The molecule has 1 atom stereocenters. The lowest BCUT2D eigenvalue weighted by atomic mass is 9.96. The van der Waals surface area contributed by atoms with Crippen LogP contribution in [0.1, 0.15) is 17.2 Å². The van der Waals surface area contributed by atoms with Crippen molar-refractivity contribution in [3.8, 4) is 0 Å². The molecule has 1 aliphatic rings. The van der Waals surface area contributed by atoms with Gasteiger partial charge in [-0.05, 0) is 6.07 Å². The predicted octanol–water partition coefficient (Wildman–Crippen LogP) is 2.96. The fraction of sp³-hybridized carbons (Fsp3) is 0.0588. The van der Waals surface area contributed by atoms with Crippen LogP contribution in [0.3, 0.4) is 0 Å². The minimum absolute atomic E-state index is 0.0270. The Kier molecular flexibility index (Phi) is 3.47. The maximum atomic E-state index is 13.9. The van der Waals surface area contributed by atoms with Gasteiger partial charge in [0.15, 0.2) is 6.10 Å². The van der Waals surface area contributed by atoms with E-state index in [1.165, 1.54) is 18.2 Å². The summed E-state index contributed by atoms with van der Waals surface area (Å²) in [5, 5.41) is 10.3. The van der Waals surface area contributed by atoms with E-state index in [-0.39, 0.29) is 16.9 Å². The van der Waals surface area contributed by atoms with Crippen LogP contribution in [0.25, 0.3) is 5.76 Å². The van der Waals surface area contributed by atoms with Gasteiger partial charge in [0.1, 0.15) is 11.6 Å². The van der Waals surface area contributed by atoms with Crippen molar-refractivity contribution in [2.45, 2.75) is 6.10 Å². The summed E-state index contributed by atoms with van der Waals surface area (Å²) in [6.45, 7) is 0. The molecular formula is C17H11FO4. The third-order valence-electron chi connectivity index (χ3n) is 3.41. The molecule has 1 saturated heterocycles. The zero-order valence-electron chi connectivity index (χ0n) is 11.3. The van der Waals surface area contributed by atoms with Crippen molar-refractivity contribution < 1.29 is 23.8 Å². The van der Waals surface area contributed by atoms with Crippen molar-refractivity contribution in [3.05, 3.63) is 77.1 Å². The Morgan fingerprint density at radius 2 is 1.64 bits per heavy atom. The molecule has 1 aliphatic heterocycles. The number of hydrogen-bond donors (Lipinski definition) is 1. The first-order chi connectivity index (χ1) is 10.6. The smallest absolute Gasteiger partial charge is 0.380 e. The van der Waals surface area contributed by atoms with Crippen molar-refractivity contribution in [1.82, 2.24) is 0 Å². The Bertz CT molecular complexity index is 780. The van der Waals surface area contributed by atoms with E-state index in [0.29, 0.717) is 5.56 Å². The number of Topliss-reactive ketones (excluding diaryl/α,β-unsaturated/α-hetero) is 1. The van der Waals surface area contributed by atoms with Crippen LogP contribution < -0.4 is 0 Å². The van der Waals surface area contributed by atoms with Crippen LogP contribution in [0.4, 0.5) is 4.39 Å². The zero-order valence-corrected chi connectivity index (χ0v) is 11.3. The van der Waals surface area contributed by atoms with E-state index in [1.807, 2.05) is 0 Å². The highest BCUT2D eigenvalue weighted by Crippen LogP contribution is 2.37. The summed E-state index contributed by atoms with van der Waals surface area (Å²) in [5.41, 5.74) is 0.131. The molecule has 0 aliphatic carbocycles. The second-order valence-corrected chi connectivity index (χ2v) is 4.76. The van der Waals surface area contributed by atoms with E-state index in [0.717, 1.165) is 0 Å². The molecule has 4 nitrogen and oxygen atoms in total.